The maximum Gasteiger partial charge on any atom is 0.247 e. The number of carbonyl (C=O) groups is 3. The number of benzene rings is 1. The van der Waals surface area contributed by atoms with Crippen molar-refractivity contribution in [3.63, 3.8) is 0 Å². The minimum absolute atomic E-state index is 0.0433. The van der Waals surface area contributed by atoms with E-state index in [1.54, 1.807) is 33.7 Å². The Morgan fingerprint density at radius 2 is 1.68 bits per heavy atom. The molecule has 1 aromatic carbocycles. The van der Waals surface area contributed by atoms with Crippen LogP contribution in [0.25, 0.3) is 0 Å². The molecule has 0 aromatic heterocycles. The molecule has 3 amide bonds. The van der Waals surface area contributed by atoms with Gasteiger partial charge in [0.25, 0.3) is 0 Å². The van der Waals surface area contributed by atoms with E-state index in [9.17, 15) is 14.7 Å². The van der Waals surface area contributed by atoms with Crippen LogP contribution in [0.3, 0.4) is 0 Å². The maximum absolute atomic E-state index is 15.1. The van der Waals surface area contributed by atoms with Gasteiger partial charge in [0, 0.05) is 29.1 Å². The molecule has 1 aromatic rings. The van der Waals surface area contributed by atoms with Gasteiger partial charge in [0.1, 0.15) is 6.04 Å². The Morgan fingerprint density at radius 1 is 1.07 bits per heavy atom. The second-order valence-electron chi connectivity index (χ2n) is 15.3. The monoisotopic (exact) mass is 623 g/mol. The van der Waals surface area contributed by atoms with E-state index in [1.165, 1.54) is 0 Å². The molecule has 4 rings (SSSR count). The molecule has 0 saturated carbocycles. The summed E-state index contributed by atoms with van der Waals surface area (Å²) in [5.41, 5.74) is 0.195. The molecule has 7 nitrogen and oxygen atoms in total. The quantitative estimate of drug-likeness (QED) is 0.292. The van der Waals surface area contributed by atoms with Gasteiger partial charge in [0.05, 0.1) is 29.2 Å². The average molecular weight is 624 g/mol. The van der Waals surface area contributed by atoms with Gasteiger partial charge in [-0.3, -0.25) is 14.4 Å². The van der Waals surface area contributed by atoms with Crippen molar-refractivity contribution < 1.29 is 19.5 Å². The number of aliphatic hydroxyl groups excluding tert-OH is 1. The van der Waals surface area contributed by atoms with Crippen molar-refractivity contribution >= 4 is 35.2 Å². The first kappa shape index (κ1) is 34.3. The molecule has 2 bridgehead atoms. The van der Waals surface area contributed by atoms with Crippen molar-refractivity contribution in [2.75, 3.05) is 24.6 Å². The van der Waals surface area contributed by atoms with Crippen LogP contribution in [0, 0.1) is 23.2 Å². The number of likely N-dealkylation sites (tertiary alicyclic amines) is 1. The van der Waals surface area contributed by atoms with Crippen LogP contribution in [0.15, 0.2) is 55.6 Å². The van der Waals surface area contributed by atoms with E-state index in [2.05, 4.69) is 54.7 Å². The van der Waals surface area contributed by atoms with Crippen LogP contribution in [-0.4, -0.2) is 79.4 Å². The third-order valence-electron chi connectivity index (χ3n) is 9.95. The van der Waals surface area contributed by atoms with Crippen molar-refractivity contribution in [1.29, 1.82) is 0 Å². The van der Waals surface area contributed by atoms with Crippen molar-refractivity contribution in [2.45, 2.75) is 102 Å². The normalized spacial score (nSPS) is 28.6. The first-order valence-corrected chi connectivity index (χ1v) is 16.8. The number of carbonyl (C=O) groups excluding carboxylic acids is 3. The second-order valence-corrected chi connectivity index (χ2v) is 17.2. The Bertz CT molecular complexity index is 1270. The van der Waals surface area contributed by atoms with E-state index in [-0.39, 0.29) is 35.7 Å². The summed E-state index contributed by atoms with van der Waals surface area (Å²) in [6.07, 6.45) is 5.61. The molecule has 2 unspecified atom stereocenters. The molecule has 3 saturated heterocycles. The number of thioether (sulfide) groups is 1. The zero-order valence-electron chi connectivity index (χ0n) is 28.0. The molecule has 0 radical (unpaired) electrons. The summed E-state index contributed by atoms with van der Waals surface area (Å²) in [6.45, 7) is 25.0. The van der Waals surface area contributed by atoms with Crippen LogP contribution in [-0.2, 0) is 14.4 Å². The number of para-hydroxylation sites is 1. The molecule has 3 aliphatic heterocycles. The van der Waals surface area contributed by atoms with E-state index in [0.29, 0.717) is 19.5 Å². The van der Waals surface area contributed by atoms with Crippen LogP contribution in [0.5, 0.6) is 0 Å². The summed E-state index contributed by atoms with van der Waals surface area (Å²) in [7, 11) is 0. The van der Waals surface area contributed by atoms with E-state index in [4.69, 9.17) is 0 Å². The first-order chi connectivity index (χ1) is 20.5. The highest BCUT2D eigenvalue weighted by Gasteiger charge is 2.78. The maximum atomic E-state index is 15.1. The van der Waals surface area contributed by atoms with Crippen LogP contribution >= 0.6 is 11.8 Å². The number of nitrogens with zero attached hydrogens (tertiary/aromatic N) is 3. The number of rotatable bonds is 12. The number of anilines is 1. The van der Waals surface area contributed by atoms with Crippen LogP contribution < -0.4 is 4.90 Å². The lowest BCUT2D eigenvalue weighted by Crippen LogP contribution is -2.62. The third kappa shape index (κ3) is 5.77. The summed E-state index contributed by atoms with van der Waals surface area (Å²) >= 11 is 1.67. The van der Waals surface area contributed by atoms with Crippen molar-refractivity contribution in [1.82, 2.24) is 9.80 Å². The number of fused-ring (bicyclic) bond motifs is 1. The molecule has 1 N–H and O–H groups in total. The SMILES string of the molecule is C=CCN(C(=O)[C@H]1[C@H]2C(=O)N([C@@H](CO)C(C)C)C(C(=O)N(CC=C)C(C)(C)CC(C)(C)C)C23CC[C@]1(C)S3)c1ccccc1. The van der Waals surface area contributed by atoms with Crippen LogP contribution in [0.1, 0.15) is 74.7 Å². The molecule has 8 heteroatoms. The second kappa shape index (κ2) is 12.3. The Balaban J connectivity index is 1.87. The lowest BCUT2D eigenvalue weighted by molar-refractivity contribution is -0.150. The highest BCUT2D eigenvalue weighted by Crippen LogP contribution is 2.72. The van der Waals surface area contributed by atoms with E-state index < -0.39 is 39.0 Å². The van der Waals surface area contributed by atoms with E-state index in [1.807, 2.05) is 49.1 Å². The molecular formula is C36H53N3O4S. The number of amides is 3. The predicted octanol–water partition coefficient (Wildman–Crippen LogP) is 5.93. The summed E-state index contributed by atoms with van der Waals surface area (Å²) in [5.74, 6) is -1.79. The lowest BCUT2D eigenvalue weighted by Gasteiger charge is -2.47. The van der Waals surface area contributed by atoms with Crippen molar-refractivity contribution in [2.24, 2.45) is 23.2 Å². The highest BCUT2D eigenvalue weighted by molar-refractivity contribution is 8.02. The molecule has 6 atom stereocenters. The van der Waals surface area contributed by atoms with Crippen LogP contribution in [0.2, 0.25) is 0 Å². The Labute approximate surface area is 269 Å². The van der Waals surface area contributed by atoms with Gasteiger partial charge in [-0.05, 0) is 63.5 Å². The highest BCUT2D eigenvalue weighted by atomic mass is 32.2. The molecule has 44 heavy (non-hydrogen) atoms. The molecule has 3 heterocycles. The fourth-order valence-electron chi connectivity index (χ4n) is 8.53. The fourth-order valence-corrected chi connectivity index (χ4v) is 10.9. The average Bonchev–Trinajstić information content (AvgIpc) is 3.50. The zero-order chi connectivity index (χ0) is 32.8. The van der Waals surface area contributed by atoms with E-state index in [0.717, 1.165) is 18.5 Å². The van der Waals surface area contributed by atoms with Gasteiger partial charge in [0.15, 0.2) is 0 Å². The molecular weight excluding hydrogens is 570 g/mol. The standard InChI is InChI=1S/C36H53N3O4S/c1-11-20-37(25-16-14-13-15-17-25)30(41)27-28-31(42)39(26(22-40)24(3)4)29(36(28)19-18-35(27,10)44-36)32(43)38(21-12-2)34(8,9)23-33(5,6)7/h11-17,24,26-29,40H,1-2,18-23H2,3-10H3/t26-,27+,28-,29?,35-,36?/m0/s1. The summed E-state index contributed by atoms with van der Waals surface area (Å²) < 4.78 is -1.29. The van der Waals surface area contributed by atoms with Crippen molar-refractivity contribution in [3.8, 4) is 0 Å². The minimum atomic E-state index is -0.798. The first-order valence-electron chi connectivity index (χ1n) is 16.0. The fraction of sp³-hybridized carbons (Fsp3) is 0.639. The topological polar surface area (TPSA) is 81.2 Å². The predicted molar refractivity (Wildman–Crippen MR) is 180 cm³/mol. The van der Waals surface area contributed by atoms with Gasteiger partial charge in [-0.2, -0.15) is 0 Å². The third-order valence-corrected chi connectivity index (χ3v) is 11.9. The number of hydrogen-bond donors (Lipinski definition) is 1. The largest absolute Gasteiger partial charge is 0.394 e. The number of aliphatic hydroxyl groups is 1. The van der Waals surface area contributed by atoms with Gasteiger partial charge >= 0.3 is 0 Å². The molecule has 1 spiro atoms. The summed E-state index contributed by atoms with van der Waals surface area (Å²) in [4.78, 5) is 49.9. The Hall–Kier alpha value is -2.58. The molecule has 3 fully saturated rings. The lowest BCUT2D eigenvalue weighted by atomic mass is 9.66. The zero-order valence-corrected chi connectivity index (χ0v) is 28.8. The van der Waals surface area contributed by atoms with Gasteiger partial charge in [0.2, 0.25) is 17.7 Å². The van der Waals surface area contributed by atoms with Gasteiger partial charge in [-0.25, -0.2) is 0 Å². The van der Waals surface area contributed by atoms with E-state index >= 15 is 4.79 Å². The van der Waals surface area contributed by atoms with Gasteiger partial charge < -0.3 is 19.8 Å². The smallest absolute Gasteiger partial charge is 0.247 e. The summed E-state index contributed by atoms with van der Waals surface area (Å²) in [6, 6.07) is 8.17. The Kier molecular flexibility index (Phi) is 9.60. The molecule has 0 aliphatic carbocycles. The van der Waals surface area contributed by atoms with Crippen molar-refractivity contribution in [3.05, 3.63) is 55.6 Å². The summed E-state index contributed by atoms with van der Waals surface area (Å²) in [5, 5.41) is 10.7. The minimum Gasteiger partial charge on any atom is -0.394 e. The molecule has 242 valence electrons. The van der Waals surface area contributed by atoms with Crippen LogP contribution in [0.4, 0.5) is 5.69 Å². The number of hydrogen-bond acceptors (Lipinski definition) is 5. The molecule has 3 aliphatic rings. The van der Waals surface area contributed by atoms with Gasteiger partial charge in [-0.15, -0.1) is 24.9 Å². The Morgan fingerprint density at radius 3 is 2.20 bits per heavy atom. The van der Waals surface area contributed by atoms with Gasteiger partial charge in [-0.1, -0.05) is 65.0 Å².